The van der Waals surface area contributed by atoms with E-state index in [9.17, 15) is 14.4 Å². The highest BCUT2D eigenvalue weighted by molar-refractivity contribution is 6.10. The predicted molar refractivity (Wildman–Crippen MR) is 164 cm³/mol. The van der Waals surface area contributed by atoms with E-state index in [0.717, 1.165) is 11.1 Å². The first-order chi connectivity index (χ1) is 20.8. The molecule has 2 aliphatic rings. The van der Waals surface area contributed by atoms with Gasteiger partial charge in [-0.3, -0.25) is 14.4 Å². The number of carbonyl (C=O) groups is 2. The summed E-state index contributed by atoms with van der Waals surface area (Å²) in [7, 11) is 3.16. The average molecular weight is 577 g/mol. The number of carbonyl (C=O) groups excluding carboxylic acids is 2. The van der Waals surface area contributed by atoms with Gasteiger partial charge in [0.2, 0.25) is 0 Å². The molecule has 2 heterocycles. The highest BCUT2D eigenvalue weighted by Crippen LogP contribution is 2.46. The lowest BCUT2D eigenvalue weighted by molar-refractivity contribution is -0.116. The maximum absolute atomic E-state index is 14.1. The third-order valence-corrected chi connectivity index (χ3v) is 8.28. The lowest BCUT2D eigenvalue weighted by Crippen LogP contribution is -2.38. The van der Waals surface area contributed by atoms with Gasteiger partial charge in [-0.1, -0.05) is 35.9 Å². The van der Waals surface area contributed by atoms with Gasteiger partial charge in [0.05, 0.1) is 31.8 Å². The summed E-state index contributed by atoms with van der Waals surface area (Å²) in [4.78, 5) is 41.9. The van der Waals surface area contributed by atoms with Crippen LogP contribution in [0, 0.1) is 6.92 Å². The minimum Gasteiger partial charge on any atom is -0.493 e. The number of hydrogen-bond acceptors (Lipinski definition) is 7. The summed E-state index contributed by atoms with van der Waals surface area (Å²) in [5.41, 5.74) is 5.01. The van der Waals surface area contributed by atoms with Crippen molar-refractivity contribution in [2.45, 2.75) is 38.5 Å². The Bertz CT molecular complexity index is 1880. The second kappa shape index (κ2) is 11.3. The van der Waals surface area contributed by atoms with Crippen molar-refractivity contribution in [3.8, 4) is 11.5 Å². The standard InChI is InChI=1S/C35H32N2O6/c1-19-9-12-23(13-10-19)37-35(40)31-20(2)36-26-15-22(21-11-14-29(41-3)30(17-21)42-4)16-27(38)33(26)32(31)25-18-43-28-8-6-5-7-24(28)34(25)39/h5-14,17-18,22,32,36H,15-16H2,1-4H3,(H,37,40)/t22-,32-/m0/s1. The van der Waals surface area contributed by atoms with Crippen molar-refractivity contribution in [3.63, 3.8) is 0 Å². The molecule has 1 aliphatic carbocycles. The molecule has 3 aromatic carbocycles. The number of methoxy groups -OCH3 is 2. The summed E-state index contributed by atoms with van der Waals surface area (Å²) in [6, 6.07) is 20.1. The summed E-state index contributed by atoms with van der Waals surface area (Å²) in [5, 5.41) is 6.73. The van der Waals surface area contributed by atoms with Gasteiger partial charge < -0.3 is 24.5 Å². The molecule has 0 radical (unpaired) electrons. The Labute approximate surface area is 249 Å². The highest BCUT2D eigenvalue weighted by Gasteiger charge is 2.42. The first-order valence-corrected chi connectivity index (χ1v) is 14.1. The Morgan fingerprint density at radius 2 is 1.67 bits per heavy atom. The van der Waals surface area contributed by atoms with Crippen molar-refractivity contribution in [3.05, 3.63) is 122 Å². The van der Waals surface area contributed by atoms with Crippen molar-refractivity contribution in [2.24, 2.45) is 0 Å². The fourth-order valence-corrected chi connectivity index (χ4v) is 6.12. The third kappa shape index (κ3) is 5.09. The van der Waals surface area contributed by atoms with Crippen LogP contribution in [0.3, 0.4) is 0 Å². The highest BCUT2D eigenvalue weighted by atomic mass is 16.5. The fraction of sp³-hybridized carbons (Fsp3) is 0.229. The number of benzene rings is 3. The van der Waals surface area contributed by atoms with E-state index < -0.39 is 11.8 Å². The second-order valence-electron chi connectivity index (χ2n) is 11.0. The Kier molecular flexibility index (Phi) is 7.36. The van der Waals surface area contributed by atoms with Crippen LogP contribution in [0.1, 0.15) is 48.3 Å². The summed E-state index contributed by atoms with van der Waals surface area (Å²) in [5.74, 6) is -0.381. The molecule has 0 unspecified atom stereocenters. The van der Waals surface area contributed by atoms with Crippen molar-refractivity contribution in [1.82, 2.24) is 5.32 Å². The Balaban J connectivity index is 1.46. The molecule has 2 atom stereocenters. The van der Waals surface area contributed by atoms with Gasteiger partial charge >= 0.3 is 0 Å². The topological polar surface area (TPSA) is 107 Å². The number of hydrogen-bond donors (Lipinski definition) is 2. The molecule has 8 heteroatoms. The molecule has 0 fully saturated rings. The number of ether oxygens (including phenoxy) is 2. The maximum Gasteiger partial charge on any atom is 0.254 e. The van der Waals surface area contributed by atoms with Crippen molar-refractivity contribution in [1.29, 1.82) is 0 Å². The van der Waals surface area contributed by atoms with E-state index in [2.05, 4.69) is 10.6 Å². The summed E-state index contributed by atoms with van der Waals surface area (Å²) in [6.45, 7) is 3.77. The molecule has 43 heavy (non-hydrogen) atoms. The van der Waals surface area contributed by atoms with Gasteiger partial charge in [0.1, 0.15) is 5.58 Å². The second-order valence-corrected chi connectivity index (χ2v) is 11.0. The maximum atomic E-state index is 14.1. The van der Waals surface area contributed by atoms with E-state index in [1.165, 1.54) is 6.26 Å². The van der Waals surface area contributed by atoms with Gasteiger partial charge in [-0.25, -0.2) is 0 Å². The van der Waals surface area contributed by atoms with E-state index in [1.54, 1.807) is 45.4 Å². The van der Waals surface area contributed by atoms with E-state index in [1.807, 2.05) is 49.4 Å². The molecule has 1 amide bonds. The van der Waals surface area contributed by atoms with Crippen LogP contribution in [0.4, 0.5) is 5.69 Å². The normalized spacial score (nSPS) is 18.3. The number of fused-ring (bicyclic) bond motifs is 1. The summed E-state index contributed by atoms with van der Waals surface area (Å²) in [6.07, 6.45) is 2.11. The monoisotopic (exact) mass is 576 g/mol. The fourth-order valence-electron chi connectivity index (χ4n) is 6.12. The molecular formula is C35H32N2O6. The van der Waals surface area contributed by atoms with Crippen LogP contribution in [-0.2, 0) is 9.59 Å². The molecule has 218 valence electrons. The number of dihydropyridines is 1. The molecular weight excluding hydrogens is 544 g/mol. The number of ketones is 1. The predicted octanol–water partition coefficient (Wildman–Crippen LogP) is 6.12. The number of para-hydroxylation sites is 1. The molecule has 6 rings (SSSR count). The van der Waals surface area contributed by atoms with E-state index in [4.69, 9.17) is 13.9 Å². The number of aryl methyl sites for hydroxylation is 1. The molecule has 4 aromatic rings. The number of allylic oxidation sites excluding steroid dienone is 3. The molecule has 0 bridgehead atoms. The molecule has 0 spiro atoms. The lowest BCUT2D eigenvalue weighted by Gasteiger charge is -2.36. The Morgan fingerprint density at radius 1 is 0.930 bits per heavy atom. The zero-order valence-electron chi connectivity index (χ0n) is 24.4. The Morgan fingerprint density at radius 3 is 2.42 bits per heavy atom. The van der Waals surface area contributed by atoms with Crippen LogP contribution in [0.5, 0.6) is 11.5 Å². The van der Waals surface area contributed by atoms with Crippen molar-refractivity contribution < 1.29 is 23.5 Å². The zero-order chi connectivity index (χ0) is 30.2. The van der Waals surface area contributed by atoms with Gasteiger partial charge in [-0.15, -0.1) is 0 Å². The molecule has 0 saturated heterocycles. The van der Waals surface area contributed by atoms with Crippen LogP contribution < -0.4 is 25.5 Å². The number of nitrogens with one attached hydrogen (secondary N) is 2. The average Bonchev–Trinajstić information content (AvgIpc) is 3.01. The minimum atomic E-state index is -0.901. The molecule has 1 aromatic heterocycles. The number of Topliss-reactive ketones (excluding diaryl/α,β-unsaturated/α-hetero) is 1. The van der Waals surface area contributed by atoms with Gasteiger partial charge in [-0.05, 0) is 68.1 Å². The van der Waals surface area contributed by atoms with Crippen LogP contribution >= 0.6 is 0 Å². The lowest BCUT2D eigenvalue weighted by atomic mass is 9.71. The molecule has 1 aliphatic heterocycles. The SMILES string of the molecule is COc1ccc([C@@H]2CC(=O)C3=C(C2)NC(C)=C(C(=O)Nc2ccc(C)cc2)[C@@H]3c2coc3ccccc3c2=O)cc1OC. The number of amides is 1. The van der Waals surface area contributed by atoms with E-state index in [0.29, 0.717) is 57.1 Å². The smallest absolute Gasteiger partial charge is 0.254 e. The van der Waals surface area contributed by atoms with Crippen molar-refractivity contribution >= 4 is 28.3 Å². The van der Waals surface area contributed by atoms with Crippen LogP contribution in [0.15, 0.2) is 105 Å². The minimum absolute atomic E-state index is 0.136. The van der Waals surface area contributed by atoms with Gasteiger partial charge in [0, 0.05) is 40.2 Å². The quantitative estimate of drug-likeness (QED) is 0.285. The summed E-state index contributed by atoms with van der Waals surface area (Å²) < 4.78 is 16.8. The Hall–Kier alpha value is -5.11. The van der Waals surface area contributed by atoms with E-state index >= 15 is 0 Å². The van der Waals surface area contributed by atoms with Crippen LogP contribution in [-0.4, -0.2) is 25.9 Å². The van der Waals surface area contributed by atoms with Crippen molar-refractivity contribution in [2.75, 3.05) is 19.5 Å². The molecule has 8 nitrogen and oxygen atoms in total. The first-order valence-electron chi connectivity index (χ1n) is 14.1. The third-order valence-electron chi connectivity index (χ3n) is 8.28. The van der Waals surface area contributed by atoms with Gasteiger partial charge in [-0.2, -0.15) is 0 Å². The molecule has 2 N–H and O–H groups in total. The van der Waals surface area contributed by atoms with Gasteiger partial charge in [0.15, 0.2) is 22.7 Å². The summed E-state index contributed by atoms with van der Waals surface area (Å²) >= 11 is 0. The van der Waals surface area contributed by atoms with Gasteiger partial charge in [0.25, 0.3) is 5.91 Å². The first kappa shape index (κ1) is 28.0. The number of anilines is 1. The zero-order valence-corrected chi connectivity index (χ0v) is 24.4. The number of rotatable bonds is 6. The van der Waals surface area contributed by atoms with Crippen LogP contribution in [0.2, 0.25) is 0 Å². The largest absolute Gasteiger partial charge is 0.493 e. The van der Waals surface area contributed by atoms with Crippen LogP contribution in [0.25, 0.3) is 11.0 Å². The molecule has 0 saturated carbocycles. The van der Waals surface area contributed by atoms with E-state index in [-0.39, 0.29) is 29.1 Å².